The van der Waals surface area contributed by atoms with Gasteiger partial charge >= 0.3 is 0 Å². The summed E-state index contributed by atoms with van der Waals surface area (Å²) in [5.41, 5.74) is 1.19. The minimum Gasteiger partial charge on any atom is -0.376 e. The molecule has 4 saturated heterocycles. The molecule has 12 nitrogen and oxygen atoms in total. The highest BCUT2D eigenvalue weighted by Gasteiger charge is 2.40. The van der Waals surface area contributed by atoms with E-state index < -0.39 is 15.4 Å². The predicted octanol–water partition coefficient (Wildman–Crippen LogP) is 4.01. The SMILES string of the molecule is C=CC(=O)NC(C)(C)c1ccc(N2C[C@H](CS(C)(=O)=O)[C@H]2C)c2cnc(Nc3ccnc(N4CCC(N5CC[C@H]6C[C@@H]5CO6)CC4)n3)cc12. The first kappa shape index (κ1) is 33.7. The van der Waals surface area contributed by atoms with Gasteiger partial charge in [0.25, 0.3) is 0 Å². The zero-order valence-electron chi connectivity index (χ0n) is 28.9. The second kappa shape index (κ2) is 13.1. The van der Waals surface area contributed by atoms with Crippen molar-refractivity contribution in [2.75, 3.05) is 59.9 Å². The molecular formula is C36H48N8O4S. The van der Waals surface area contributed by atoms with E-state index in [9.17, 15) is 13.2 Å². The van der Waals surface area contributed by atoms with E-state index in [0.29, 0.717) is 42.3 Å². The Hall–Kier alpha value is -3.81. The number of sulfone groups is 1. The van der Waals surface area contributed by atoms with Crippen LogP contribution in [-0.2, 0) is 24.9 Å². The van der Waals surface area contributed by atoms with Crippen LogP contribution in [0.1, 0.15) is 52.0 Å². The summed E-state index contributed by atoms with van der Waals surface area (Å²) in [6, 6.07) is 9.14. The first-order valence-corrected chi connectivity index (χ1v) is 19.5. The highest BCUT2D eigenvalue weighted by Crippen LogP contribution is 2.40. The van der Waals surface area contributed by atoms with E-state index in [4.69, 9.17) is 14.7 Å². The average molecular weight is 689 g/mol. The van der Waals surface area contributed by atoms with Crippen molar-refractivity contribution < 1.29 is 17.9 Å². The highest BCUT2D eigenvalue weighted by molar-refractivity contribution is 7.90. The van der Waals surface area contributed by atoms with E-state index in [1.165, 1.54) is 18.8 Å². The number of aromatic nitrogens is 3. The summed E-state index contributed by atoms with van der Waals surface area (Å²) >= 11 is 0. The Morgan fingerprint density at radius 1 is 1.08 bits per heavy atom. The summed E-state index contributed by atoms with van der Waals surface area (Å²) in [6.45, 7) is 14.1. The van der Waals surface area contributed by atoms with Crippen LogP contribution in [0.4, 0.5) is 23.3 Å². The number of fused-ring (bicyclic) bond motifs is 3. The van der Waals surface area contributed by atoms with Crippen molar-refractivity contribution in [1.29, 1.82) is 0 Å². The van der Waals surface area contributed by atoms with Gasteiger partial charge in [-0.05, 0) is 81.7 Å². The molecule has 2 aromatic heterocycles. The lowest BCUT2D eigenvalue weighted by Crippen LogP contribution is -2.57. The smallest absolute Gasteiger partial charge is 0.244 e. The molecule has 7 rings (SSSR count). The lowest BCUT2D eigenvalue weighted by atomic mass is 9.86. The van der Waals surface area contributed by atoms with Crippen LogP contribution in [0, 0.1) is 5.92 Å². The topological polar surface area (TPSA) is 133 Å². The maximum atomic E-state index is 12.4. The number of anilines is 4. The van der Waals surface area contributed by atoms with Crippen molar-refractivity contribution in [2.24, 2.45) is 5.92 Å². The van der Waals surface area contributed by atoms with Crippen molar-refractivity contribution in [1.82, 2.24) is 25.2 Å². The number of nitrogens with zero attached hydrogens (tertiary/aromatic N) is 6. The highest BCUT2D eigenvalue weighted by atomic mass is 32.2. The molecule has 3 aromatic rings. The normalized spacial score (nSPS) is 24.9. The van der Waals surface area contributed by atoms with Gasteiger partial charge in [-0.25, -0.2) is 18.4 Å². The van der Waals surface area contributed by atoms with Crippen LogP contribution in [0.3, 0.4) is 0 Å². The van der Waals surface area contributed by atoms with Gasteiger partial charge in [0.15, 0.2) is 0 Å². The zero-order valence-corrected chi connectivity index (χ0v) is 29.7. The van der Waals surface area contributed by atoms with Crippen molar-refractivity contribution in [2.45, 2.75) is 76.2 Å². The van der Waals surface area contributed by atoms with Crippen LogP contribution in [0.25, 0.3) is 10.8 Å². The van der Waals surface area contributed by atoms with Gasteiger partial charge in [0, 0.05) is 79.9 Å². The van der Waals surface area contributed by atoms with Gasteiger partial charge in [0.05, 0.1) is 24.0 Å². The Morgan fingerprint density at radius 3 is 2.61 bits per heavy atom. The number of likely N-dealkylation sites (tertiary alicyclic amines) is 1. The molecule has 0 spiro atoms. The Balaban J connectivity index is 1.12. The Labute approximate surface area is 289 Å². The third-order valence-electron chi connectivity index (χ3n) is 11.0. The molecular weight excluding hydrogens is 641 g/mol. The number of benzene rings is 1. The number of carbonyl (C=O) groups excluding carboxylic acids is 1. The lowest BCUT2D eigenvalue weighted by Gasteiger charge is -2.48. The summed E-state index contributed by atoms with van der Waals surface area (Å²) in [5.74, 6) is 1.95. The van der Waals surface area contributed by atoms with Gasteiger partial charge in [-0.2, -0.15) is 4.98 Å². The van der Waals surface area contributed by atoms with Crippen molar-refractivity contribution in [3.05, 3.63) is 54.9 Å². The molecule has 0 saturated carbocycles. The molecule has 6 heterocycles. The molecule has 2 bridgehead atoms. The van der Waals surface area contributed by atoms with Crippen molar-refractivity contribution in [3.63, 3.8) is 0 Å². The fourth-order valence-corrected chi connectivity index (χ4v) is 9.44. The molecule has 1 aromatic carbocycles. The third kappa shape index (κ3) is 6.98. The summed E-state index contributed by atoms with van der Waals surface area (Å²) in [7, 11) is -3.08. The van der Waals surface area contributed by atoms with Gasteiger partial charge in [0.2, 0.25) is 11.9 Å². The Morgan fingerprint density at radius 2 is 1.88 bits per heavy atom. The van der Waals surface area contributed by atoms with Gasteiger partial charge in [-0.15, -0.1) is 0 Å². The van der Waals surface area contributed by atoms with Crippen LogP contribution >= 0.6 is 0 Å². The Kier molecular flexibility index (Phi) is 9.03. The Bertz CT molecular complexity index is 1840. The van der Waals surface area contributed by atoms with E-state index in [1.807, 2.05) is 44.3 Å². The molecule has 2 N–H and O–H groups in total. The number of amides is 1. The number of hydrogen-bond donors (Lipinski definition) is 2. The standard InChI is InChI=1S/C36H48N8O4S/c1-6-34(45)41-36(3,4)30-7-8-31(44-20-24(23(44)2)22-49(5,46)47)29-19-38-33(18-28(29)30)39-32-9-13-37-35(40-32)42-14-10-25(11-15-42)43-16-12-27-17-26(43)21-48-27/h6-9,13,18-19,23-27H,1,10-12,14-17,20-22H2,2-5H3,(H,41,45)(H,37,38,39,40)/t23-,24-,26-,27+/m1/s1. The minimum absolute atomic E-state index is 0.0588. The number of piperidine rings is 2. The summed E-state index contributed by atoms with van der Waals surface area (Å²) in [4.78, 5) is 33.9. The molecule has 0 radical (unpaired) electrons. The van der Waals surface area contributed by atoms with Crippen LogP contribution in [-0.4, -0.2) is 103 Å². The number of nitrogens with one attached hydrogen (secondary N) is 2. The van der Waals surface area contributed by atoms with Gasteiger partial charge in [-0.1, -0.05) is 12.6 Å². The molecule has 49 heavy (non-hydrogen) atoms. The first-order valence-electron chi connectivity index (χ1n) is 17.4. The van der Waals surface area contributed by atoms with Crippen LogP contribution in [0.2, 0.25) is 0 Å². The van der Waals surface area contributed by atoms with Gasteiger partial charge in [0.1, 0.15) is 21.5 Å². The van der Waals surface area contributed by atoms with E-state index in [1.54, 1.807) is 6.20 Å². The second-order valence-corrected chi connectivity index (χ2v) is 17.0. The number of carbonyl (C=O) groups is 1. The molecule has 0 aliphatic carbocycles. The van der Waals surface area contributed by atoms with Crippen LogP contribution in [0.15, 0.2) is 49.3 Å². The van der Waals surface area contributed by atoms with E-state index in [2.05, 4.69) is 43.8 Å². The fourth-order valence-electron chi connectivity index (χ4n) is 8.28. The lowest BCUT2D eigenvalue weighted by molar-refractivity contribution is -0.118. The molecule has 0 unspecified atom stereocenters. The van der Waals surface area contributed by atoms with Crippen LogP contribution < -0.4 is 20.4 Å². The zero-order chi connectivity index (χ0) is 34.5. The quantitative estimate of drug-likeness (QED) is 0.300. The van der Waals surface area contributed by atoms with Gasteiger partial charge < -0.3 is 25.2 Å². The third-order valence-corrected chi connectivity index (χ3v) is 12.0. The van der Waals surface area contributed by atoms with Crippen LogP contribution in [0.5, 0.6) is 0 Å². The average Bonchev–Trinajstić information content (AvgIpc) is 3.45. The summed E-state index contributed by atoms with van der Waals surface area (Å²) < 4.78 is 29.9. The number of rotatable bonds is 10. The van der Waals surface area contributed by atoms with Crippen molar-refractivity contribution in [3.8, 4) is 0 Å². The molecule has 1 amide bonds. The number of pyridine rings is 1. The maximum absolute atomic E-state index is 12.4. The molecule has 262 valence electrons. The monoisotopic (exact) mass is 688 g/mol. The fraction of sp³-hybridized carbons (Fsp3) is 0.556. The van der Waals surface area contributed by atoms with E-state index in [-0.39, 0.29) is 23.6 Å². The predicted molar refractivity (Wildman–Crippen MR) is 193 cm³/mol. The number of hydrogen-bond acceptors (Lipinski definition) is 11. The molecule has 4 aliphatic heterocycles. The van der Waals surface area contributed by atoms with Crippen molar-refractivity contribution >= 4 is 49.8 Å². The second-order valence-electron chi connectivity index (χ2n) is 14.8. The molecule has 13 heteroatoms. The van der Waals surface area contributed by atoms with Gasteiger partial charge in [-0.3, -0.25) is 9.69 Å². The molecule has 4 aliphatic rings. The summed E-state index contributed by atoms with van der Waals surface area (Å²) in [6.07, 6.45) is 11.2. The van der Waals surface area contributed by atoms with E-state index in [0.717, 1.165) is 67.5 Å². The molecule has 4 atom stereocenters. The number of ether oxygens (including phenoxy) is 1. The summed E-state index contributed by atoms with van der Waals surface area (Å²) in [5, 5.41) is 8.32. The van der Waals surface area contributed by atoms with E-state index >= 15 is 0 Å². The first-order chi connectivity index (χ1) is 23.4. The molecule has 4 fully saturated rings. The maximum Gasteiger partial charge on any atom is 0.244 e. The largest absolute Gasteiger partial charge is 0.376 e. The minimum atomic E-state index is -3.08.